The number of nitrogens with one attached hydrogen (secondary N) is 1. The fourth-order valence-corrected chi connectivity index (χ4v) is 3.69. The molecule has 4 aliphatic heterocycles. The van der Waals surface area contributed by atoms with Crippen LogP contribution in [0.4, 0.5) is 0 Å². The van der Waals surface area contributed by atoms with E-state index >= 15 is 0 Å². The standard InChI is InChI=1S/C24H20N4O2/c1-13(29)21-9-19-8-20-10-22(14(2)30)24(28-20)12-18-6-4-16(26-18)7-15-3-5-17(25-15)11-23(21)27-19/h3-13,27,29-30H,1-2H3/b15-7?,18-12?,19-8?,22-14+,23-11?. The van der Waals surface area contributed by atoms with Crippen molar-refractivity contribution in [1.82, 2.24) is 4.98 Å². The van der Waals surface area contributed by atoms with Crippen LogP contribution < -0.4 is 10.7 Å². The molecule has 0 saturated heterocycles. The number of nitrogens with zero attached hydrogens (tertiary/aromatic N) is 3. The minimum Gasteiger partial charge on any atom is -0.512 e. The molecule has 6 heteroatoms. The van der Waals surface area contributed by atoms with E-state index in [0.29, 0.717) is 17.0 Å². The molecule has 0 fully saturated rings. The fourth-order valence-electron chi connectivity index (χ4n) is 3.69. The molecule has 6 nitrogen and oxygen atoms in total. The van der Waals surface area contributed by atoms with Crippen LogP contribution in [0.25, 0.3) is 12.2 Å². The van der Waals surface area contributed by atoms with E-state index in [1.54, 1.807) is 13.8 Å². The Morgan fingerprint density at radius 2 is 1.57 bits per heavy atom. The lowest BCUT2D eigenvalue weighted by atomic mass is 10.1. The van der Waals surface area contributed by atoms with Gasteiger partial charge in [-0.15, -0.1) is 0 Å². The van der Waals surface area contributed by atoms with Crippen molar-refractivity contribution in [2.24, 2.45) is 15.0 Å². The Morgan fingerprint density at radius 3 is 2.27 bits per heavy atom. The van der Waals surface area contributed by atoms with E-state index in [2.05, 4.69) is 20.0 Å². The van der Waals surface area contributed by atoms with Gasteiger partial charge < -0.3 is 15.2 Å². The molecule has 1 aromatic rings. The van der Waals surface area contributed by atoms with Gasteiger partial charge in [0.2, 0.25) is 0 Å². The highest BCUT2D eigenvalue weighted by Crippen LogP contribution is 2.23. The van der Waals surface area contributed by atoms with Crippen molar-refractivity contribution in [3.8, 4) is 0 Å². The van der Waals surface area contributed by atoms with Crippen molar-refractivity contribution >= 4 is 29.3 Å². The van der Waals surface area contributed by atoms with Crippen LogP contribution in [0, 0.1) is 0 Å². The molecule has 4 aliphatic rings. The zero-order chi connectivity index (χ0) is 20.8. The Bertz CT molecular complexity index is 1360. The van der Waals surface area contributed by atoms with E-state index < -0.39 is 6.10 Å². The highest BCUT2D eigenvalue weighted by molar-refractivity contribution is 6.20. The first-order valence-corrected chi connectivity index (χ1v) is 9.72. The van der Waals surface area contributed by atoms with Crippen LogP contribution in [0.3, 0.4) is 0 Å². The molecule has 0 aromatic carbocycles. The van der Waals surface area contributed by atoms with Gasteiger partial charge in [-0.25, -0.2) is 15.0 Å². The first-order chi connectivity index (χ1) is 14.4. The third kappa shape index (κ3) is 3.38. The van der Waals surface area contributed by atoms with Crippen LogP contribution >= 0.6 is 0 Å². The van der Waals surface area contributed by atoms with Gasteiger partial charge in [0.05, 0.1) is 46.1 Å². The summed E-state index contributed by atoms with van der Waals surface area (Å²) in [5, 5.41) is 22.0. The van der Waals surface area contributed by atoms with E-state index in [9.17, 15) is 10.2 Å². The Balaban J connectivity index is 1.76. The number of hydrogen-bond acceptors (Lipinski definition) is 5. The summed E-state index contributed by atoms with van der Waals surface area (Å²) in [6, 6.07) is 1.91. The molecule has 0 aliphatic carbocycles. The molecular formula is C24H20N4O2. The first-order valence-electron chi connectivity index (χ1n) is 9.72. The molecule has 0 spiro atoms. The summed E-state index contributed by atoms with van der Waals surface area (Å²) in [5.41, 5.74) is 5.97. The smallest absolute Gasteiger partial charge is 0.0986 e. The lowest BCUT2D eigenvalue weighted by Gasteiger charge is -1.99. The molecule has 30 heavy (non-hydrogen) atoms. The van der Waals surface area contributed by atoms with Crippen molar-refractivity contribution in [3.63, 3.8) is 0 Å². The van der Waals surface area contributed by atoms with Crippen LogP contribution in [0.2, 0.25) is 0 Å². The van der Waals surface area contributed by atoms with Gasteiger partial charge in [0, 0.05) is 21.8 Å². The number of aliphatic hydroxyl groups excluding tert-OH is 2. The second-order valence-electron chi connectivity index (χ2n) is 7.50. The largest absolute Gasteiger partial charge is 0.512 e. The molecular weight excluding hydrogens is 376 g/mol. The average molecular weight is 396 g/mol. The molecule has 1 unspecified atom stereocenters. The number of aromatic amines is 1. The number of fused-ring (bicyclic) bond motifs is 5. The SMILES string of the molecule is C/C(O)=C1/C=C2C=c3cc(C(C)O)c([nH]3)=CC3=NC(=CC4=NC(=CC1=N2)C=C4)C=C3. The zero-order valence-electron chi connectivity index (χ0n) is 16.6. The summed E-state index contributed by atoms with van der Waals surface area (Å²) in [4.78, 5) is 17.3. The highest BCUT2D eigenvalue weighted by Gasteiger charge is 2.17. The second-order valence-corrected chi connectivity index (χ2v) is 7.50. The second kappa shape index (κ2) is 6.93. The molecule has 1 aromatic heterocycles. The van der Waals surface area contributed by atoms with E-state index in [4.69, 9.17) is 0 Å². The zero-order valence-corrected chi connectivity index (χ0v) is 16.6. The molecule has 8 bridgehead atoms. The predicted octanol–water partition coefficient (Wildman–Crippen LogP) is 2.60. The molecule has 0 amide bonds. The van der Waals surface area contributed by atoms with E-state index in [1.165, 1.54) is 0 Å². The molecule has 0 saturated carbocycles. The van der Waals surface area contributed by atoms with E-state index in [0.717, 1.165) is 39.1 Å². The minimum absolute atomic E-state index is 0.197. The summed E-state index contributed by atoms with van der Waals surface area (Å²) < 4.78 is 0. The molecule has 148 valence electrons. The van der Waals surface area contributed by atoms with Gasteiger partial charge in [-0.1, -0.05) is 0 Å². The topological polar surface area (TPSA) is 93.3 Å². The maximum atomic E-state index is 10.2. The maximum Gasteiger partial charge on any atom is 0.0986 e. The first kappa shape index (κ1) is 18.3. The van der Waals surface area contributed by atoms with Gasteiger partial charge in [0.25, 0.3) is 0 Å². The van der Waals surface area contributed by atoms with E-state index in [-0.39, 0.29) is 5.76 Å². The average Bonchev–Trinajstić information content (AvgIpc) is 3.44. The molecule has 5 rings (SSSR count). The lowest BCUT2D eigenvalue weighted by Crippen LogP contribution is -2.15. The number of rotatable bonds is 1. The predicted molar refractivity (Wildman–Crippen MR) is 120 cm³/mol. The summed E-state index contributed by atoms with van der Waals surface area (Å²) >= 11 is 0. The molecule has 5 heterocycles. The molecule has 0 radical (unpaired) electrons. The quantitative estimate of drug-likeness (QED) is 0.637. The van der Waals surface area contributed by atoms with Crippen LogP contribution in [-0.4, -0.2) is 32.3 Å². The van der Waals surface area contributed by atoms with Crippen molar-refractivity contribution < 1.29 is 10.2 Å². The summed E-state index contributed by atoms with van der Waals surface area (Å²) in [5.74, 6) is 0.197. The third-order valence-corrected chi connectivity index (χ3v) is 5.10. The maximum absolute atomic E-state index is 10.2. The number of H-pyrrole nitrogens is 1. The third-order valence-electron chi connectivity index (χ3n) is 5.10. The number of allylic oxidation sites excluding steroid dienone is 10. The molecule has 3 N–H and O–H groups in total. The summed E-state index contributed by atoms with van der Waals surface area (Å²) in [7, 11) is 0. The Hall–Kier alpha value is -3.77. The number of aromatic nitrogens is 1. The normalized spacial score (nSPS) is 21.7. The molecule has 1 atom stereocenters. The fraction of sp³-hybridized carbons (Fsp3) is 0.125. The Kier molecular flexibility index (Phi) is 4.22. The summed E-state index contributed by atoms with van der Waals surface area (Å²) in [6.45, 7) is 3.38. The van der Waals surface area contributed by atoms with Crippen molar-refractivity contribution in [1.29, 1.82) is 0 Å². The summed E-state index contributed by atoms with van der Waals surface area (Å²) in [6.07, 6.45) is 16.5. The number of hydrogen-bond donors (Lipinski definition) is 3. The van der Waals surface area contributed by atoms with Crippen molar-refractivity contribution in [2.75, 3.05) is 0 Å². The van der Waals surface area contributed by atoms with Gasteiger partial charge in [-0.2, -0.15) is 0 Å². The van der Waals surface area contributed by atoms with Gasteiger partial charge in [0.15, 0.2) is 0 Å². The Morgan fingerprint density at radius 1 is 0.867 bits per heavy atom. The van der Waals surface area contributed by atoms with Gasteiger partial charge in [0.1, 0.15) is 0 Å². The van der Waals surface area contributed by atoms with Crippen molar-refractivity contribution in [3.05, 3.63) is 93.3 Å². The van der Waals surface area contributed by atoms with E-state index in [1.807, 2.05) is 60.8 Å². The monoisotopic (exact) mass is 396 g/mol. The minimum atomic E-state index is -0.635. The highest BCUT2D eigenvalue weighted by atomic mass is 16.3. The number of aliphatic imine (C=N–C) groups is 3. The van der Waals surface area contributed by atoms with Gasteiger partial charge in [-0.3, -0.25) is 0 Å². The van der Waals surface area contributed by atoms with Crippen LogP contribution in [-0.2, 0) is 0 Å². The Labute approximate surface area is 173 Å². The van der Waals surface area contributed by atoms with Crippen LogP contribution in [0.15, 0.2) is 92.0 Å². The van der Waals surface area contributed by atoms with Crippen LogP contribution in [0.5, 0.6) is 0 Å². The van der Waals surface area contributed by atoms with Crippen molar-refractivity contribution in [2.45, 2.75) is 20.0 Å². The lowest BCUT2D eigenvalue weighted by molar-refractivity contribution is 0.198. The van der Waals surface area contributed by atoms with Crippen LogP contribution in [0.1, 0.15) is 25.5 Å². The number of aliphatic hydroxyl groups is 2. The van der Waals surface area contributed by atoms with Gasteiger partial charge >= 0.3 is 0 Å². The van der Waals surface area contributed by atoms with Gasteiger partial charge in [-0.05, 0) is 74.6 Å².